The van der Waals surface area contributed by atoms with Crippen LogP contribution in [0.5, 0.6) is 0 Å². The van der Waals surface area contributed by atoms with Crippen LogP contribution in [-0.2, 0) is 4.79 Å². The molecule has 0 aliphatic carbocycles. The third kappa shape index (κ3) is 5.71. The lowest BCUT2D eigenvalue weighted by molar-refractivity contribution is -0.113. The number of nitrogens with one attached hydrogen (secondary N) is 2. The van der Waals surface area contributed by atoms with Gasteiger partial charge in [0.05, 0.1) is 11.4 Å². The average molecular weight is 348 g/mol. The minimum absolute atomic E-state index is 0.0715. The van der Waals surface area contributed by atoms with Gasteiger partial charge in [-0.25, -0.2) is 4.39 Å². The first-order chi connectivity index (χ1) is 8.88. The van der Waals surface area contributed by atoms with Crippen molar-refractivity contribution in [2.24, 2.45) is 16.5 Å². The number of hydrogen-bond acceptors (Lipinski definition) is 3. The molecule has 6 nitrogen and oxygen atoms in total. The van der Waals surface area contributed by atoms with Gasteiger partial charge in [-0.2, -0.15) is 4.99 Å². The molecule has 0 bridgehead atoms. The second-order valence-electron chi connectivity index (χ2n) is 3.30. The number of amides is 1. The largest absolute Gasteiger partial charge is 0.370 e. The van der Waals surface area contributed by atoms with Gasteiger partial charge in [0, 0.05) is 4.47 Å². The van der Waals surface area contributed by atoms with Crippen molar-refractivity contribution in [1.29, 1.82) is 5.41 Å². The van der Waals surface area contributed by atoms with Crippen LogP contribution in [0.4, 0.5) is 10.1 Å². The fourth-order valence-corrected chi connectivity index (χ4v) is 1.90. The van der Waals surface area contributed by atoms with Gasteiger partial charge >= 0.3 is 0 Å². The second-order valence-corrected chi connectivity index (χ2v) is 5.18. The highest BCUT2D eigenvalue weighted by Gasteiger charge is 2.08. The third-order valence-corrected chi connectivity index (χ3v) is 3.04. The zero-order valence-electron chi connectivity index (χ0n) is 9.61. The van der Waals surface area contributed by atoms with E-state index in [-0.39, 0.29) is 22.6 Å². The van der Waals surface area contributed by atoms with Gasteiger partial charge in [0.25, 0.3) is 0 Å². The number of anilines is 1. The summed E-state index contributed by atoms with van der Waals surface area (Å²) >= 11 is 3.94. The highest BCUT2D eigenvalue weighted by atomic mass is 79.9. The van der Waals surface area contributed by atoms with Gasteiger partial charge in [0.1, 0.15) is 5.82 Å². The minimum Gasteiger partial charge on any atom is -0.370 e. The van der Waals surface area contributed by atoms with Crippen LogP contribution >= 0.6 is 27.7 Å². The van der Waals surface area contributed by atoms with Crippen LogP contribution in [0, 0.1) is 11.2 Å². The molecule has 1 rings (SSSR count). The van der Waals surface area contributed by atoms with Gasteiger partial charge in [0.15, 0.2) is 11.1 Å². The van der Waals surface area contributed by atoms with Gasteiger partial charge in [-0.1, -0.05) is 27.7 Å². The van der Waals surface area contributed by atoms with Gasteiger partial charge in [-0.3, -0.25) is 10.2 Å². The van der Waals surface area contributed by atoms with Gasteiger partial charge in [-0.15, -0.1) is 0 Å². The number of benzene rings is 1. The fourth-order valence-electron chi connectivity index (χ4n) is 1.06. The normalized spacial score (nSPS) is 9.79. The first-order valence-corrected chi connectivity index (χ1v) is 6.72. The standard InChI is InChI=1S/C10H11BrFN5OS/c11-5-1-2-7(6(12)3-5)16-8(18)4-19-10(15)17-9(13)14/h1-3H,4H2,(H,16,18)(H5,13,14,15,17). The Morgan fingerprint density at radius 1 is 1.53 bits per heavy atom. The minimum atomic E-state index is -0.549. The maximum absolute atomic E-state index is 13.4. The topological polar surface area (TPSA) is 117 Å². The number of hydrogen-bond donors (Lipinski definition) is 4. The Morgan fingerprint density at radius 2 is 2.21 bits per heavy atom. The lowest BCUT2D eigenvalue weighted by atomic mass is 10.3. The molecule has 1 aromatic rings. The van der Waals surface area contributed by atoms with Crippen molar-refractivity contribution in [1.82, 2.24) is 0 Å². The molecular formula is C10H11BrFN5OS. The molecule has 9 heteroatoms. The van der Waals surface area contributed by atoms with Crippen LogP contribution < -0.4 is 16.8 Å². The van der Waals surface area contributed by atoms with E-state index >= 15 is 0 Å². The van der Waals surface area contributed by atoms with Crippen LogP contribution in [0.25, 0.3) is 0 Å². The van der Waals surface area contributed by atoms with E-state index in [9.17, 15) is 9.18 Å². The van der Waals surface area contributed by atoms with Crippen LogP contribution in [0.3, 0.4) is 0 Å². The molecule has 0 aromatic heterocycles. The average Bonchev–Trinajstić information content (AvgIpc) is 2.29. The molecule has 6 N–H and O–H groups in total. The van der Waals surface area contributed by atoms with Crippen LogP contribution in [0.1, 0.15) is 0 Å². The quantitative estimate of drug-likeness (QED) is 0.489. The Hall–Kier alpha value is -1.61. The zero-order chi connectivity index (χ0) is 14.4. The van der Waals surface area contributed by atoms with Crippen molar-refractivity contribution in [3.8, 4) is 0 Å². The molecule has 0 fully saturated rings. The molecule has 102 valence electrons. The Balaban J connectivity index is 2.52. The summed E-state index contributed by atoms with van der Waals surface area (Å²) in [7, 11) is 0. The molecule has 0 aliphatic rings. The summed E-state index contributed by atoms with van der Waals surface area (Å²) in [5, 5.41) is 9.51. The van der Waals surface area contributed by atoms with Crippen LogP contribution in [0.15, 0.2) is 27.7 Å². The summed E-state index contributed by atoms with van der Waals surface area (Å²) in [5.74, 6) is -1.35. The first kappa shape index (κ1) is 15.4. The molecule has 0 saturated carbocycles. The number of amidine groups is 1. The molecule has 0 radical (unpaired) electrons. The molecule has 0 unspecified atom stereocenters. The highest BCUT2D eigenvalue weighted by molar-refractivity contribution is 9.10. The van der Waals surface area contributed by atoms with E-state index in [1.807, 2.05) is 0 Å². The van der Waals surface area contributed by atoms with E-state index in [1.165, 1.54) is 12.1 Å². The Morgan fingerprint density at radius 3 is 2.79 bits per heavy atom. The van der Waals surface area contributed by atoms with E-state index in [2.05, 4.69) is 26.2 Å². The first-order valence-electron chi connectivity index (χ1n) is 4.94. The molecule has 0 spiro atoms. The van der Waals surface area contributed by atoms with Crippen LogP contribution in [-0.4, -0.2) is 22.8 Å². The summed E-state index contributed by atoms with van der Waals surface area (Å²) in [6, 6.07) is 4.28. The van der Waals surface area contributed by atoms with Gasteiger partial charge < -0.3 is 16.8 Å². The molecule has 1 aromatic carbocycles. The maximum Gasteiger partial charge on any atom is 0.234 e. The lowest BCUT2D eigenvalue weighted by Gasteiger charge is -2.06. The van der Waals surface area contributed by atoms with Crippen molar-refractivity contribution in [3.63, 3.8) is 0 Å². The number of carbonyl (C=O) groups excluding carboxylic acids is 1. The third-order valence-electron chi connectivity index (χ3n) is 1.78. The summed E-state index contributed by atoms with van der Waals surface area (Å²) in [6.07, 6.45) is 0. The van der Waals surface area contributed by atoms with Crippen molar-refractivity contribution in [2.75, 3.05) is 11.1 Å². The predicted octanol–water partition coefficient (Wildman–Crippen LogP) is 1.47. The molecular weight excluding hydrogens is 337 g/mol. The van der Waals surface area contributed by atoms with Crippen LogP contribution in [0.2, 0.25) is 0 Å². The molecule has 0 heterocycles. The monoisotopic (exact) mass is 347 g/mol. The van der Waals surface area contributed by atoms with Crippen molar-refractivity contribution in [2.45, 2.75) is 0 Å². The Bertz CT molecular complexity index is 533. The molecule has 1 amide bonds. The zero-order valence-corrected chi connectivity index (χ0v) is 12.0. The number of nitrogens with zero attached hydrogens (tertiary/aromatic N) is 1. The van der Waals surface area contributed by atoms with E-state index in [4.69, 9.17) is 16.9 Å². The number of nitrogens with two attached hydrogens (primary N) is 2. The van der Waals surface area contributed by atoms with E-state index < -0.39 is 11.7 Å². The maximum atomic E-state index is 13.4. The van der Waals surface area contributed by atoms with Crippen molar-refractivity contribution < 1.29 is 9.18 Å². The van der Waals surface area contributed by atoms with Crippen molar-refractivity contribution in [3.05, 3.63) is 28.5 Å². The number of guanidine groups is 1. The Labute approximate surface area is 121 Å². The number of thioether (sulfide) groups is 1. The summed E-state index contributed by atoms with van der Waals surface area (Å²) < 4.78 is 14.0. The predicted molar refractivity (Wildman–Crippen MR) is 78.7 cm³/mol. The molecule has 0 aliphatic heterocycles. The fraction of sp³-hybridized carbons (Fsp3) is 0.100. The van der Waals surface area contributed by atoms with Crippen molar-refractivity contribution >= 4 is 50.4 Å². The van der Waals surface area contributed by atoms with E-state index in [0.29, 0.717) is 4.47 Å². The second kappa shape index (κ2) is 7.10. The summed E-state index contributed by atoms with van der Waals surface area (Å²) in [4.78, 5) is 15.0. The number of aliphatic imine (C=N–C) groups is 1. The smallest absolute Gasteiger partial charge is 0.234 e. The highest BCUT2D eigenvalue weighted by Crippen LogP contribution is 2.19. The molecule has 0 atom stereocenters. The lowest BCUT2D eigenvalue weighted by Crippen LogP contribution is -2.24. The molecule has 19 heavy (non-hydrogen) atoms. The van der Waals surface area contributed by atoms with Gasteiger partial charge in [-0.05, 0) is 18.2 Å². The Kier molecular flexibility index (Phi) is 5.77. The van der Waals surface area contributed by atoms with E-state index in [1.54, 1.807) is 6.07 Å². The van der Waals surface area contributed by atoms with Gasteiger partial charge in [0.2, 0.25) is 5.91 Å². The number of rotatable bonds is 3. The summed E-state index contributed by atoms with van der Waals surface area (Å²) in [6.45, 7) is 0. The number of halogens is 2. The summed E-state index contributed by atoms with van der Waals surface area (Å²) in [5.41, 5.74) is 10.2. The number of carbonyl (C=O) groups is 1. The molecule has 0 saturated heterocycles. The SMILES string of the molecule is N=C(N=C(N)N)SCC(=O)Nc1ccc(Br)cc1F. The van der Waals surface area contributed by atoms with E-state index in [0.717, 1.165) is 11.8 Å².